The number of cyclic esters (lactones) is 1. The highest BCUT2D eigenvalue weighted by molar-refractivity contribution is 5.71. The highest BCUT2D eigenvalue weighted by atomic mass is 16.5. The highest BCUT2D eigenvalue weighted by Gasteiger charge is 2.25. The molecule has 1 aliphatic rings. The predicted octanol–water partition coefficient (Wildman–Crippen LogP) is 3.20. The molecule has 3 nitrogen and oxygen atoms in total. The van der Waals surface area contributed by atoms with Crippen LogP contribution in [0.15, 0.2) is 18.2 Å². The maximum absolute atomic E-state index is 11.1. The lowest BCUT2D eigenvalue weighted by Crippen LogP contribution is -2.01. The summed E-state index contributed by atoms with van der Waals surface area (Å²) in [5, 5.41) is 0. The summed E-state index contributed by atoms with van der Waals surface area (Å²) in [5.41, 5.74) is 2.23. The molecule has 0 bridgehead atoms. The smallest absolute Gasteiger partial charge is 0.306 e. The lowest BCUT2D eigenvalue weighted by atomic mass is 9.96. The topological polar surface area (TPSA) is 35.5 Å². The van der Waals surface area contributed by atoms with E-state index in [2.05, 4.69) is 19.9 Å². The van der Waals surface area contributed by atoms with E-state index in [0.29, 0.717) is 12.3 Å². The number of carbonyl (C=O) groups is 1. The summed E-state index contributed by atoms with van der Waals surface area (Å²) >= 11 is 0. The number of rotatable bonds is 3. The molecule has 92 valence electrons. The van der Waals surface area contributed by atoms with Crippen LogP contribution in [0, 0.1) is 0 Å². The monoisotopic (exact) mass is 234 g/mol. The van der Waals surface area contributed by atoms with Gasteiger partial charge in [0.25, 0.3) is 0 Å². The molecule has 1 atom stereocenters. The maximum atomic E-state index is 11.1. The Hall–Kier alpha value is -1.51. The van der Waals surface area contributed by atoms with Crippen molar-refractivity contribution in [1.82, 2.24) is 0 Å². The van der Waals surface area contributed by atoms with Gasteiger partial charge < -0.3 is 9.47 Å². The van der Waals surface area contributed by atoms with Crippen molar-refractivity contribution in [3.63, 3.8) is 0 Å². The summed E-state index contributed by atoms with van der Waals surface area (Å²) in [5.74, 6) is 1.19. The van der Waals surface area contributed by atoms with Crippen LogP contribution in [-0.2, 0) is 9.53 Å². The second kappa shape index (κ2) is 4.78. The number of carbonyl (C=O) groups excluding carboxylic acids is 1. The van der Waals surface area contributed by atoms with Crippen LogP contribution in [0.3, 0.4) is 0 Å². The Morgan fingerprint density at radius 2 is 2.18 bits per heavy atom. The summed E-state index contributed by atoms with van der Waals surface area (Å²) in [4.78, 5) is 11.1. The van der Waals surface area contributed by atoms with E-state index in [1.807, 2.05) is 12.1 Å². The van der Waals surface area contributed by atoms with E-state index in [9.17, 15) is 4.79 Å². The Bertz CT molecular complexity index is 423. The Balaban J connectivity index is 2.30. The van der Waals surface area contributed by atoms with E-state index < -0.39 is 0 Å². The highest BCUT2D eigenvalue weighted by Crippen LogP contribution is 2.34. The van der Waals surface area contributed by atoms with Crippen LogP contribution in [0.25, 0.3) is 0 Å². The van der Waals surface area contributed by atoms with Crippen molar-refractivity contribution in [3.8, 4) is 5.75 Å². The summed E-state index contributed by atoms with van der Waals surface area (Å²) in [6, 6.07) is 6.03. The second-order valence-corrected chi connectivity index (χ2v) is 4.67. The van der Waals surface area contributed by atoms with E-state index in [1.165, 1.54) is 0 Å². The van der Waals surface area contributed by atoms with Crippen molar-refractivity contribution < 1.29 is 14.3 Å². The van der Waals surface area contributed by atoms with Gasteiger partial charge in [-0.1, -0.05) is 19.9 Å². The SMILES string of the molecule is COc1ccc(C2CCC(=O)O2)cc1C(C)C. The Morgan fingerprint density at radius 3 is 2.71 bits per heavy atom. The van der Waals surface area contributed by atoms with Gasteiger partial charge in [-0.15, -0.1) is 0 Å². The van der Waals surface area contributed by atoms with E-state index >= 15 is 0 Å². The van der Waals surface area contributed by atoms with Gasteiger partial charge in [-0.05, 0) is 35.6 Å². The summed E-state index contributed by atoms with van der Waals surface area (Å²) in [7, 11) is 1.68. The average molecular weight is 234 g/mol. The Labute approximate surface area is 102 Å². The van der Waals surface area contributed by atoms with Gasteiger partial charge in [-0.25, -0.2) is 0 Å². The molecule has 1 unspecified atom stereocenters. The van der Waals surface area contributed by atoms with E-state index in [-0.39, 0.29) is 12.1 Å². The fourth-order valence-corrected chi connectivity index (χ4v) is 2.16. The van der Waals surface area contributed by atoms with E-state index in [0.717, 1.165) is 23.3 Å². The van der Waals surface area contributed by atoms with Crippen molar-refractivity contribution in [2.75, 3.05) is 7.11 Å². The van der Waals surface area contributed by atoms with Gasteiger partial charge in [0, 0.05) is 6.42 Å². The van der Waals surface area contributed by atoms with Gasteiger partial charge in [0.1, 0.15) is 11.9 Å². The van der Waals surface area contributed by atoms with Crippen LogP contribution < -0.4 is 4.74 Å². The quantitative estimate of drug-likeness (QED) is 0.753. The molecule has 0 aromatic heterocycles. The van der Waals surface area contributed by atoms with Crippen LogP contribution in [0.1, 0.15) is 49.8 Å². The van der Waals surface area contributed by atoms with Crippen molar-refractivity contribution in [2.45, 2.75) is 38.7 Å². The first-order valence-electron chi connectivity index (χ1n) is 5.99. The van der Waals surface area contributed by atoms with Gasteiger partial charge in [0.05, 0.1) is 7.11 Å². The third-order valence-corrected chi connectivity index (χ3v) is 3.13. The molecular weight excluding hydrogens is 216 g/mol. The van der Waals surface area contributed by atoms with Crippen molar-refractivity contribution in [1.29, 1.82) is 0 Å². The van der Waals surface area contributed by atoms with E-state index in [1.54, 1.807) is 7.11 Å². The molecule has 1 aromatic carbocycles. The standard InChI is InChI=1S/C14H18O3/c1-9(2)11-8-10(4-5-13(11)16-3)12-6-7-14(15)17-12/h4-5,8-9,12H,6-7H2,1-3H3. The van der Waals surface area contributed by atoms with Crippen LogP contribution >= 0.6 is 0 Å². The molecule has 0 saturated carbocycles. The molecule has 1 saturated heterocycles. The van der Waals surface area contributed by atoms with Gasteiger partial charge in [-0.2, -0.15) is 0 Å². The van der Waals surface area contributed by atoms with E-state index in [4.69, 9.17) is 9.47 Å². The second-order valence-electron chi connectivity index (χ2n) is 4.67. The zero-order valence-electron chi connectivity index (χ0n) is 10.5. The number of ether oxygens (including phenoxy) is 2. The number of hydrogen-bond donors (Lipinski definition) is 0. The van der Waals surface area contributed by atoms with Crippen LogP contribution in [0.4, 0.5) is 0 Å². The maximum Gasteiger partial charge on any atom is 0.306 e. The van der Waals surface area contributed by atoms with Crippen molar-refractivity contribution >= 4 is 5.97 Å². The first kappa shape index (κ1) is 12.0. The largest absolute Gasteiger partial charge is 0.496 e. The van der Waals surface area contributed by atoms with Gasteiger partial charge in [-0.3, -0.25) is 4.79 Å². The first-order chi connectivity index (χ1) is 8.11. The van der Waals surface area contributed by atoms with Crippen molar-refractivity contribution in [3.05, 3.63) is 29.3 Å². The molecule has 1 aliphatic heterocycles. The fraction of sp³-hybridized carbons (Fsp3) is 0.500. The first-order valence-corrected chi connectivity index (χ1v) is 5.99. The molecule has 1 aromatic rings. The van der Waals surface area contributed by atoms with Gasteiger partial charge in [0.2, 0.25) is 0 Å². The zero-order chi connectivity index (χ0) is 12.4. The van der Waals surface area contributed by atoms with Crippen LogP contribution in [0.2, 0.25) is 0 Å². The van der Waals surface area contributed by atoms with Gasteiger partial charge >= 0.3 is 5.97 Å². The molecule has 1 heterocycles. The summed E-state index contributed by atoms with van der Waals surface area (Å²) < 4.78 is 10.6. The molecule has 0 radical (unpaired) electrons. The minimum atomic E-state index is -0.100. The minimum absolute atomic E-state index is 0.0779. The van der Waals surface area contributed by atoms with Crippen LogP contribution in [-0.4, -0.2) is 13.1 Å². The minimum Gasteiger partial charge on any atom is -0.496 e. The average Bonchev–Trinajstić information content (AvgIpc) is 2.75. The molecule has 1 fully saturated rings. The third-order valence-electron chi connectivity index (χ3n) is 3.13. The van der Waals surface area contributed by atoms with Crippen LogP contribution in [0.5, 0.6) is 5.75 Å². The van der Waals surface area contributed by atoms with Gasteiger partial charge in [0.15, 0.2) is 0 Å². The summed E-state index contributed by atoms with van der Waals surface area (Å²) in [6.07, 6.45) is 1.22. The molecule has 17 heavy (non-hydrogen) atoms. The predicted molar refractivity (Wildman–Crippen MR) is 65.2 cm³/mol. The molecule has 0 aliphatic carbocycles. The Morgan fingerprint density at radius 1 is 1.41 bits per heavy atom. The number of benzene rings is 1. The zero-order valence-corrected chi connectivity index (χ0v) is 10.5. The third kappa shape index (κ3) is 2.43. The molecule has 3 heteroatoms. The Kier molecular flexibility index (Phi) is 3.36. The number of hydrogen-bond acceptors (Lipinski definition) is 3. The number of esters is 1. The normalized spacial score (nSPS) is 19.5. The lowest BCUT2D eigenvalue weighted by Gasteiger charge is -2.16. The molecule has 2 rings (SSSR count). The molecule has 0 N–H and O–H groups in total. The molecular formula is C14H18O3. The lowest BCUT2D eigenvalue weighted by molar-refractivity contribution is -0.141. The van der Waals surface area contributed by atoms with Crippen molar-refractivity contribution in [2.24, 2.45) is 0 Å². The summed E-state index contributed by atoms with van der Waals surface area (Å²) in [6.45, 7) is 4.25. The fourth-order valence-electron chi connectivity index (χ4n) is 2.16. The number of methoxy groups -OCH3 is 1. The molecule has 0 amide bonds. The molecule has 0 spiro atoms.